The van der Waals surface area contributed by atoms with Gasteiger partial charge in [0.05, 0.1) is 0 Å². The maximum atomic E-state index is 11.1. The van der Waals surface area contributed by atoms with Gasteiger partial charge in [0.2, 0.25) is 0 Å². The van der Waals surface area contributed by atoms with Gasteiger partial charge in [-0.25, -0.2) is 9.59 Å². The van der Waals surface area contributed by atoms with Crippen LogP contribution >= 0.6 is 24.2 Å². The molecule has 0 aromatic heterocycles. The Bertz CT molecular complexity index is 289. The molecule has 5 N–H and O–H groups in total. The largest absolute Gasteiger partial charge is 0.352 e. The fraction of sp³-hybridized carbons (Fsp3) is 0.571. The Hall–Kier alpha value is -1.15. The Balaban J connectivity index is 0.00000225. The number of hydrogen-bond donors (Lipinski definition) is 4. The van der Waals surface area contributed by atoms with Crippen molar-refractivity contribution in [2.75, 3.05) is 18.1 Å². The highest BCUT2D eigenvalue weighted by atomic mass is 35.5. The third kappa shape index (κ3) is 5.08. The number of halogens is 1. The van der Waals surface area contributed by atoms with Crippen molar-refractivity contribution in [1.29, 1.82) is 0 Å². The van der Waals surface area contributed by atoms with Crippen LogP contribution in [0.1, 0.15) is 0 Å². The number of primary amides is 1. The van der Waals surface area contributed by atoms with Crippen LogP contribution in [0, 0.1) is 0 Å². The number of nitrogens with two attached hydrogens (primary N) is 1. The summed E-state index contributed by atoms with van der Waals surface area (Å²) in [6, 6.07) is -1.50. The molecule has 92 valence electrons. The van der Waals surface area contributed by atoms with Crippen LogP contribution in [0.15, 0.2) is 0 Å². The van der Waals surface area contributed by atoms with E-state index in [1.807, 2.05) is 0 Å². The molecule has 1 saturated heterocycles. The summed E-state index contributed by atoms with van der Waals surface area (Å²) in [5.41, 5.74) is 4.86. The Morgan fingerprint density at radius 2 is 2.19 bits per heavy atom. The van der Waals surface area contributed by atoms with Crippen LogP contribution in [-0.2, 0) is 4.79 Å². The van der Waals surface area contributed by atoms with Gasteiger partial charge in [-0.2, -0.15) is 11.8 Å². The van der Waals surface area contributed by atoms with E-state index in [1.54, 1.807) is 0 Å². The second-order valence-corrected chi connectivity index (χ2v) is 4.03. The molecule has 0 bridgehead atoms. The SMILES string of the molecule is Cl.NC(=O)NCCSCC1NC(=O)NC1=O. The summed E-state index contributed by atoms with van der Waals surface area (Å²) >= 11 is 1.45. The topological polar surface area (TPSA) is 113 Å². The Morgan fingerprint density at radius 1 is 1.50 bits per heavy atom. The molecule has 9 heteroatoms. The van der Waals surface area contributed by atoms with Crippen molar-refractivity contribution in [2.45, 2.75) is 6.04 Å². The molecule has 5 amide bonds. The third-order valence-electron chi connectivity index (χ3n) is 1.69. The Labute approximate surface area is 103 Å². The minimum atomic E-state index is -0.567. The van der Waals surface area contributed by atoms with E-state index in [0.717, 1.165) is 0 Å². The van der Waals surface area contributed by atoms with Gasteiger partial charge in [0.15, 0.2) is 0 Å². The van der Waals surface area contributed by atoms with Crippen molar-refractivity contribution in [3.05, 3.63) is 0 Å². The van der Waals surface area contributed by atoms with Gasteiger partial charge >= 0.3 is 12.1 Å². The molecule has 0 aromatic carbocycles. The highest BCUT2D eigenvalue weighted by Gasteiger charge is 2.28. The van der Waals surface area contributed by atoms with Crippen molar-refractivity contribution >= 4 is 42.1 Å². The smallest absolute Gasteiger partial charge is 0.322 e. The molecule has 1 aliphatic heterocycles. The fourth-order valence-corrected chi connectivity index (χ4v) is 1.91. The molecular formula is C7H13ClN4O3S. The standard InChI is InChI=1S/C7H12N4O3S.ClH/c8-6(13)9-1-2-15-3-4-5(12)11-7(14)10-4;/h4H,1-3H2,(H3,8,9,13)(H2,10,11,12,14);1H. The predicted molar refractivity (Wildman–Crippen MR) is 62.6 cm³/mol. The van der Waals surface area contributed by atoms with Gasteiger partial charge in [0.1, 0.15) is 6.04 Å². The van der Waals surface area contributed by atoms with Crippen LogP contribution in [0.3, 0.4) is 0 Å². The molecule has 1 fully saturated rings. The molecule has 0 aromatic rings. The average Bonchev–Trinajstić information content (AvgIpc) is 2.44. The molecule has 1 aliphatic rings. The van der Waals surface area contributed by atoms with E-state index in [0.29, 0.717) is 18.1 Å². The summed E-state index contributed by atoms with van der Waals surface area (Å²) in [4.78, 5) is 32.1. The quantitative estimate of drug-likeness (QED) is 0.379. The molecule has 0 radical (unpaired) electrons. The molecule has 1 atom stereocenters. The van der Waals surface area contributed by atoms with Gasteiger partial charge in [-0.1, -0.05) is 0 Å². The van der Waals surface area contributed by atoms with Crippen molar-refractivity contribution in [1.82, 2.24) is 16.0 Å². The van der Waals surface area contributed by atoms with Gasteiger partial charge in [-0.15, -0.1) is 12.4 Å². The molecule has 0 aliphatic carbocycles. The number of carbonyl (C=O) groups excluding carboxylic acids is 3. The lowest BCUT2D eigenvalue weighted by molar-refractivity contribution is -0.119. The van der Waals surface area contributed by atoms with Gasteiger partial charge in [-0.3, -0.25) is 10.1 Å². The normalized spacial score (nSPS) is 18.4. The van der Waals surface area contributed by atoms with Crippen LogP contribution in [0.4, 0.5) is 9.59 Å². The van der Waals surface area contributed by atoms with E-state index in [1.165, 1.54) is 11.8 Å². The lowest BCUT2D eigenvalue weighted by atomic mass is 10.3. The van der Waals surface area contributed by atoms with Crippen LogP contribution in [-0.4, -0.2) is 42.1 Å². The average molecular weight is 269 g/mol. The number of rotatable bonds is 5. The Kier molecular flexibility index (Phi) is 6.66. The number of hydrogen-bond acceptors (Lipinski definition) is 4. The fourth-order valence-electron chi connectivity index (χ4n) is 1.02. The molecule has 0 spiro atoms. The first kappa shape index (κ1) is 14.8. The molecule has 1 unspecified atom stereocenters. The summed E-state index contributed by atoms with van der Waals surface area (Å²) in [6.07, 6.45) is 0. The van der Waals surface area contributed by atoms with Crippen LogP contribution in [0.5, 0.6) is 0 Å². The number of carbonyl (C=O) groups is 3. The molecule has 0 saturated carbocycles. The maximum Gasteiger partial charge on any atom is 0.322 e. The van der Waals surface area contributed by atoms with E-state index in [-0.39, 0.29) is 18.3 Å². The zero-order chi connectivity index (χ0) is 11.3. The second kappa shape index (κ2) is 7.18. The molecular weight excluding hydrogens is 256 g/mol. The van der Waals surface area contributed by atoms with Crippen LogP contribution < -0.4 is 21.7 Å². The summed E-state index contributed by atoms with van der Waals surface area (Å²) in [6.45, 7) is 0.447. The highest BCUT2D eigenvalue weighted by molar-refractivity contribution is 7.99. The monoisotopic (exact) mass is 268 g/mol. The van der Waals surface area contributed by atoms with E-state index in [2.05, 4.69) is 16.0 Å². The van der Waals surface area contributed by atoms with Crippen molar-refractivity contribution in [2.24, 2.45) is 5.73 Å². The van der Waals surface area contributed by atoms with Gasteiger partial charge in [0, 0.05) is 18.1 Å². The van der Waals surface area contributed by atoms with Gasteiger partial charge < -0.3 is 16.4 Å². The number of imide groups is 1. The zero-order valence-electron chi connectivity index (χ0n) is 8.32. The predicted octanol–water partition coefficient (Wildman–Crippen LogP) is -0.982. The van der Waals surface area contributed by atoms with Crippen LogP contribution in [0.25, 0.3) is 0 Å². The van der Waals surface area contributed by atoms with Gasteiger partial charge in [-0.05, 0) is 0 Å². The summed E-state index contributed by atoms with van der Waals surface area (Å²) in [5, 5.41) is 7.03. The Morgan fingerprint density at radius 3 is 2.69 bits per heavy atom. The first-order valence-corrected chi connectivity index (χ1v) is 5.47. The molecule has 1 rings (SSSR count). The van der Waals surface area contributed by atoms with Crippen molar-refractivity contribution in [3.8, 4) is 0 Å². The molecule has 7 nitrogen and oxygen atoms in total. The summed E-state index contributed by atoms with van der Waals surface area (Å²) < 4.78 is 0. The highest BCUT2D eigenvalue weighted by Crippen LogP contribution is 2.04. The van der Waals surface area contributed by atoms with Crippen molar-refractivity contribution in [3.63, 3.8) is 0 Å². The number of nitrogens with one attached hydrogen (secondary N) is 3. The third-order valence-corrected chi connectivity index (χ3v) is 2.75. The van der Waals surface area contributed by atoms with E-state index in [9.17, 15) is 14.4 Å². The minimum Gasteiger partial charge on any atom is -0.352 e. The number of thioether (sulfide) groups is 1. The van der Waals surface area contributed by atoms with E-state index < -0.39 is 18.1 Å². The lowest BCUT2D eigenvalue weighted by Gasteiger charge is -2.06. The molecule has 16 heavy (non-hydrogen) atoms. The van der Waals surface area contributed by atoms with E-state index in [4.69, 9.17) is 5.73 Å². The second-order valence-electron chi connectivity index (χ2n) is 2.88. The minimum absolute atomic E-state index is 0. The maximum absolute atomic E-state index is 11.1. The van der Waals surface area contributed by atoms with Crippen LogP contribution in [0.2, 0.25) is 0 Å². The zero-order valence-corrected chi connectivity index (χ0v) is 9.95. The van der Waals surface area contributed by atoms with E-state index >= 15 is 0 Å². The first-order chi connectivity index (χ1) is 7.09. The van der Waals surface area contributed by atoms with Gasteiger partial charge in [0.25, 0.3) is 5.91 Å². The molecule has 1 heterocycles. The summed E-state index contributed by atoms with van der Waals surface area (Å²) in [7, 11) is 0. The summed E-state index contributed by atoms with van der Waals surface area (Å²) in [5.74, 6) is 0.816. The first-order valence-electron chi connectivity index (χ1n) is 4.32. The van der Waals surface area contributed by atoms with Crippen molar-refractivity contribution < 1.29 is 14.4 Å². The number of amides is 5. The number of urea groups is 2. The lowest BCUT2D eigenvalue weighted by Crippen LogP contribution is -2.33.